The van der Waals surface area contributed by atoms with Gasteiger partial charge < -0.3 is 20.7 Å². The van der Waals surface area contributed by atoms with Crippen LogP contribution in [0.15, 0.2) is 18.5 Å². The molecule has 0 aliphatic heterocycles. The van der Waals surface area contributed by atoms with Crippen molar-refractivity contribution >= 4 is 23.9 Å². The fourth-order valence-electron chi connectivity index (χ4n) is 1.80. The van der Waals surface area contributed by atoms with Crippen LogP contribution >= 0.6 is 0 Å². The fraction of sp³-hybridized carbons (Fsp3) is 0.467. The van der Waals surface area contributed by atoms with Gasteiger partial charge in [0.1, 0.15) is 6.04 Å². The minimum atomic E-state index is -1.68. The maximum absolute atomic E-state index is 12.1. The number of aliphatic hydroxyl groups excluding tert-OH is 1. The van der Waals surface area contributed by atoms with Crippen LogP contribution in [0, 0.1) is 0 Å². The van der Waals surface area contributed by atoms with Gasteiger partial charge in [0.25, 0.3) is 5.91 Å². The van der Waals surface area contributed by atoms with E-state index in [1.807, 2.05) is 0 Å². The number of Topliss-reactive ketones (excluding diaryl/α,β-unsaturated/α-hetero) is 1. The standard InChI is InChI=1S/C15H19N5O5/c1-9(2)25-15(24)11(5-4-10(21)8-19-16)20-14(23)12(22)13-17-6-3-7-18-13/h3,6-9,11-12,22H,4-5H2,1-2H3,(H,20,23)/t11-,12+/m0/s1. The fourth-order valence-corrected chi connectivity index (χ4v) is 1.80. The molecule has 0 saturated heterocycles. The van der Waals surface area contributed by atoms with Gasteiger partial charge in [-0.3, -0.25) is 9.59 Å². The van der Waals surface area contributed by atoms with Gasteiger partial charge in [0.05, 0.1) is 6.10 Å². The van der Waals surface area contributed by atoms with E-state index in [-0.39, 0.29) is 18.7 Å². The lowest BCUT2D eigenvalue weighted by molar-refractivity contribution is -0.152. The van der Waals surface area contributed by atoms with E-state index in [1.54, 1.807) is 13.8 Å². The highest BCUT2D eigenvalue weighted by molar-refractivity contribution is 6.25. The Bertz CT molecular complexity index is 658. The van der Waals surface area contributed by atoms with Crippen LogP contribution in [-0.2, 0) is 19.1 Å². The number of esters is 1. The average molecular weight is 349 g/mol. The largest absolute Gasteiger partial charge is 0.461 e. The number of aromatic nitrogens is 2. The molecule has 0 radical (unpaired) electrons. The van der Waals surface area contributed by atoms with Gasteiger partial charge in [-0.1, -0.05) is 0 Å². The lowest BCUT2D eigenvalue weighted by Crippen LogP contribution is -2.45. The summed E-state index contributed by atoms with van der Waals surface area (Å²) < 4.78 is 5.03. The number of amides is 1. The summed E-state index contributed by atoms with van der Waals surface area (Å²) in [6.07, 6.45) is 1.05. The molecule has 1 aromatic rings. The predicted molar refractivity (Wildman–Crippen MR) is 84.1 cm³/mol. The minimum absolute atomic E-state index is 0.0927. The first-order chi connectivity index (χ1) is 11.8. The lowest BCUT2D eigenvalue weighted by Gasteiger charge is -2.19. The molecule has 0 fully saturated rings. The van der Waals surface area contributed by atoms with Gasteiger partial charge in [0, 0.05) is 18.8 Å². The first-order valence-electron chi connectivity index (χ1n) is 7.51. The number of hydrogen-bond donors (Lipinski definition) is 2. The van der Waals surface area contributed by atoms with Crippen molar-refractivity contribution in [1.29, 1.82) is 0 Å². The molecule has 0 spiro atoms. The number of aliphatic hydroxyl groups is 1. The molecule has 2 N–H and O–H groups in total. The Labute approximate surface area is 143 Å². The van der Waals surface area contributed by atoms with Crippen LogP contribution in [0.25, 0.3) is 5.53 Å². The van der Waals surface area contributed by atoms with Crippen LogP contribution < -0.4 is 5.32 Å². The Morgan fingerprint density at radius 1 is 1.36 bits per heavy atom. The number of hydrogen-bond acceptors (Lipinski definition) is 7. The molecule has 25 heavy (non-hydrogen) atoms. The van der Waals surface area contributed by atoms with Gasteiger partial charge in [-0.2, -0.15) is 4.79 Å². The number of nitrogens with zero attached hydrogens (tertiary/aromatic N) is 4. The molecule has 1 heterocycles. The van der Waals surface area contributed by atoms with Crippen molar-refractivity contribution in [3.8, 4) is 0 Å². The molecule has 1 aromatic heterocycles. The van der Waals surface area contributed by atoms with Gasteiger partial charge >= 0.3 is 12.2 Å². The van der Waals surface area contributed by atoms with Crippen molar-refractivity contribution in [3.05, 3.63) is 29.8 Å². The Morgan fingerprint density at radius 3 is 2.56 bits per heavy atom. The van der Waals surface area contributed by atoms with Crippen molar-refractivity contribution in [2.45, 2.75) is 44.9 Å². The topological polar surface area (TPSA) is 155 Å². The number of ketones is 1. The summed E-state index contributed by atoms with van der Waals surface area (Å²) in [5.74, 6) is -2.32. The Hall–Kier alpha value is -2.97. The molecule has 10 nitrogen and oxygen atoms in total. The molecule has 0 aliphatic carbocycles. The van der Waals surface area contributed by atoms with E-state index >= 15 is 0 Å². The van der Waals surface area contributed by atoms with Gasteiger partial charge in [0.2, 0.25) is 5.78 Å². The maximum Gasteiger partial charge on any atom is 0.328 e. The van der Waals surface area contributed by atoms with Crippen molar-refractivity contribution < 1.29 is 29.0 Å². The lowest BCUT2D eigenvalue weighted by atomic mass is 10.1. The zero-order chi connectivity index (χ0) is 18.8. The van der Waals surface area contributed by atoms with Crippen LogP contribution in [0.1, 0.15) is 38.6 Å². The van der Waals surface area contributed by atoms with Gasteiger partial charge in [-0.15, -0.1) is 0 Å². The second-order valence-electron chi connectivity index (χ2n) is 5.31. The van der Waals surface area contributed by atoms with E-state index in [0.29, 0.717) is 6.21 Å². The molecule has 1 rings (SSSR count). The average Bonchev–Trinajstić information content (AvgIpc) is 2.58. The molecule has 0 saturated carbocycles. The number of ether oxygens (including phenoxy) is 1. The smallest absolute Gasteiger partial charge is 0.328 e. The van der Waals surface area contributed by atoms with Gasteiger partial charge in [-0.05, 0) is 26.3 Å². The first kappa shape index (κ1) is 20.1. The van der Waals surface area contributed by atoms with Gasteiger partial charge in [-0.25, -0.2) is 14.8 Å². The highest BCUT2D eigenvalue weighted by Gasteiger charge is 2.28. The van der Waals surface area contributed by atoms with E-state index in [4.69, 9.17) is 10.3 Å². The summed E-state index contributed by atoms with van der Waals surface area (Å²) in [4.78, 5) is 45.7. The quantitative estimate of drug-likeness (QED) is 0.266. The Morgan fingerprint density at radius 2 is 2.00 bits per heavy atom. The summed E-state index contributed by atoms with van der Waals surface area (Å²) in [6.45, 7) is 3.26. The van der Waals surface area contributed by atoms with Crippen LogP contribution in [0.4, 0.5) is 0 Å². The van der Waals surface area contributed by atoms with Crippen molar-refractivity contribution in [1.82, 2.24) is 15.3 Å². The normalized spacial score (nSPS) is 12.6. The van der Waals surface area contributed by atoms with Crippen LogP contribution in [0.3, 0.4) is 0 Å². The zero-order valence-electron chi connectivity index (χ0n) is 13.8. The van der Waals surface area contributed by atoms with E-state index < -0.39 is 35.9 Å². The monoisotopic (exact) mass is 349 g/mol. The van der Waals surface area contributed by atoms with Crippen molar-refractivity contribution in [3.63, 3.8) is 0 Å². The van der Waals surface area contributed by atoms with E-state index in [0.717, 1.165) is 0 Å². The molecule has 134 valence electrons. The van der Waals surface area contributed by atoms with Crippen molar-refractivity contribution in [2.75, 3.05) is 0 Å². The molecule has 10 heteroatoms. The summed E-state index contributed by atoms with van der Waals surface area (Å²) >= 11 is 0. The molecule has 0 aliphatic rings. The highest BCUT2D eigenvalue weighted by Crippen LogP contribution is 2.09. The van der Waals surface area contributed by atoms with Crippen molar-refractivity contribution in [2.24, 2.45) is 0 Å². The van der Waals surface area contributed by atoms with Gasteiger partial charge in [0.15, 0.2) is 11.9 Å². The highest BCUT2D eigenvalue weighted by atomic mass is 16.5. The molecular formula is C15H19N5O5. The van der Waals surface area contributed by atoms with E-state index in [2.05, 4.69) is 20.1 Å². The summed E-state index contributed by atoms with van der Waals surface area (Å²) in [5, 5.41) is 12.3. The van der Waals surface area contributed by atoms with Crippen LogP contribution in [0.2, 0.25) is 0 Å². The molecule has 1 amide bonds. The molecule has 0 unspecified atom stereocenters. The number of carbonyl (C=O) groups excluding carboxylic acids is 3. The zero-order valence-corrected chi connectivity index (χ0v) is 13.8. The third-order valence-corrected chi connectivity index (χ3v) is 2.91. The Kier molecular flexibility index (Phi) is 8.04. The SMILES string of the molecule is CC(C)OC(=O)[C@H](CCC(=O)C=[N+]=[N-])NC(=O)[C@H](O)c1ncccn1. The summed E-state index contributed by atoms with van der Waals surface area (Å²) in [5.41, 5.74) is 8.31. The second-order valence-corrected chi connectivity index (χ2v) is 5.31. The predicted octanol–water partition coefficient (Wildman–Crippen LogP) is -0.404. The molecular weight excluding hydrogens is 330 g/mol. The molecule has 0 aromatic carbocycles. The van der Waals surface area contributed by atoms with E-state index in [9.17, 15) is 19.5 Å². The third kappa shape index (κ3) is 6.98. The summed E-state index contributed by atoms with van der Waals surface area (Å²) in [6, 6.07) is 0.356. The second kappa shape index (κ2) is 10.0. The van der Waals surface area contributed by atoms with Crippen LogP contribution in [0.5, 0.6) is 0 Å². The molecule has 2 atom stereocenters. The van der Waals surface area contributed by atoms with E-state index in [1.165, 1.54) is 18.5 Å². The minimum Gasteiger partial charge on any atom is -0.461 e. The first-order valence-corrected chi connectivity index (χ1v) is 7.51. The number of rotatable bonds is 9. The maximum atomic E-state index is 12.1. The Balaban J connectivity index is 2.80. The van der Waals surface area contributed by atoms with Crippen LogP contribution in [-0.4, -0.2) is 55.9 Å². The molecule has 0 bridgehead atoms. The number of carbonyl (C=O) groups is 3. The third-order valence-electron chi connectivity index (χ3n) is 2.91. The summed E-state index contributed by atoms with van der Waals surface area (Å²) in [7, 11) is 0. The number of nitrogens with one attached hydrogen (secondary N) is 1.